The molecular weight excluding hydrogens is 448 g/mol. The zero-order chi connectivity index (χ0) is 26.7. The third kappa shape index (κ3) is 35.4. The van der Waals surface area contributed by atoms with Crippen LogP contribution in [0.5, 0.6) is 0 Å². The summed E-state index contributed by atoms with van der Waals surface area (Å²) in [4.78, 5) is 0. The molecule has 0 rings (SSSR count). The Morgan fingerprint density at radius 1 is 0.297 bits per heavy atom. The van der Waals surface area contributed by atoms with E-state index in [1.165, 1.54) is 186 Å². The lowest BCUT2D eigenvalue weighted by Gasteiger charge is -2.03. The van der Waals surface area contributed by atoms with Crippen molar-refractivity contribution in [2.24, 2.45) is 0 Å². The maximum Gasteiger partial charge on any atom is 0.0431 e. The maximum atomic E-state index is 8.77. The summed E-state index contributed by atoms with van der Waals surface area (Å²) in [5.74, 6) is 0. The monoisotopic (exact) mass is 519 g/mol. The first-order valence-electron chi connectivity index (χ1n) is 17.3. The van der Waals surface area contributed by atoms with E-state index in [-0.39, 0.29) is 0 Å². The van der Waals surface area contributed by atoms with Gasteiger partial charge in [0, 0.05) is 6.61 Å². The van der Waals surface area contributed by atoms with Crippen LogP contribution in [0.15, 0.2) is 24.3 Å². The molecule has 0 aromatic heterocycles. The quantitative estimate of drug-likeness (QED) is 0.0693. The largest absolute Gasteiger partial charge is 0.396 e. The Balaban J connectivity index is 3.10. The van der Waals surface area contributed by atoms with E-state index in [4.69, 9.17) is 5.11 Å². The predicted molar refractivity (Wildman–Crippen MR) is 170 cm³/mol. The van der Waals surface area contributed by atoms with Crippen molar-refractivity contribution < 1.29 is 5.11 Å². The number of aliphatic hydroxyl groups is 1. The average Bonchev–Trinajstić information content (AvgIpc) is 2.91. The van der Waals surface area contributed by atoms with Crippen LogP contribution in [0.1, 0.15) is 200 Å². The van der Waals surface area contributed by atoms with Gasteiger partial charge < -0.3 is 5.11 Å². The van der Waals surface area contributed by atoms with Gasteiger partial charge in [-0.15, -0.1) is 0 Å². The van der Waals surface area contributed by atoms with Crippen molar-refractivity contribution in [3.8, 4) is 0 Å². The van der Waals surface area contributed by atoms with Crippen molar-refractivity contribution in [3.63, 3.8) is 0 Å². The molecule has 0 unspecified atom stereocenters. The molecule has 0 spiro atoms. The number of rotatable bonds is 32. The molecule has 0 bridgehead atoms. The highest BCUT2D eigenvalue weighted by Crippen LogP contribution is 2.14. The van der Waals surface area contributed by atoms with Gasteiger partial charge in [0.1, 0.15) is 0 Å². The van der Waals surface area contributed by atoms with Crippen molar-refractivity contribution in [3.05, 3.63) is 24.3 Å². The molecule has 0 saturated carbocycles. The van der Waals surface area contributed by atoms with E-state index in [0.717, 1.165) is 6.42 Å². The molecule has 1 N–H and O–H groups in total. The van der Waals surface area contributed by atoms with Crippen LogP contribution in [0.25, 0.3) is 0 Å². The first kappa shape index (κ1) is 36.4. The van der Waals surface area contributed by atoms with Crippen molar-refractivity contribution in [1.29, 1.82) is 0 Å². The van der Waals surface area contributed by atoms with Gasteiger partial charge in [0.25, 0.3) is 0 Å². The van der Waals surface area contributed by atoms with Crippen LogP contribution in [0.4, 0.5) is 0 Å². The molecule has 0 aliphatic carbocycles. The van der Waals surface area contributed by atoms with Gasteiger partial charge in [0.2, 0.25) is 0 Å². The van der Waals surface area contributed by atoms with Crippen molar-refractivity contribution in [2.75, 3.05) is 6.61 Å². The molecule has 1 nitrogen and oxygen atoms in total. The van der Waals surface area contributed by atoms with Gasteiger partial charge in [0.15, 0.2) is 0 Å². The second-order valence-electron chi connectivity index (χ2n) is 11.7. The zero-order valence-electron chi connectivity index (χ0n) is 25.7. The van der Waals surface area contributed by atoms with E-state index < -0.39 is 0 Å². The highest BCUT2D eigenvalue weighted by atomic mass is 16.2. The van der Waals surface area contributed by atoms with Gasteiger partial charge in [-0.05, 0) is 57.8 Å². The van der Waals surface area contributed by atoms with Gasteiger partial charge in [-0.25, -0.2) is 0 Å². The second-order valence-corrected chi connectivity index (χ2v) is 11.7. The SMILES string of the molecule is CCCCCCCCC=CCCCCCCCCCCCCCCCCC=CCCCCCCCCO. The Kier molecular flexibility index (Phi) is 34.9. The number of allylic oxidation sites excluding steroid dienone is 4. The summed E-state index contributed by atoms with van der Waals surface area (Å²) in [6, 6.07) is 0. The van der Waals surface area contributed by atoms with E-state index in [1.807, 2.05) is 0 Å². The minimum Gasteiger partial charge on any atom is -0.396 e. The number of hydrogen-bond acceptors (Lipinski definition) is 1. The van der Waals surface area contributed by atoms with Crippen LogP contribution < -0.4 is 0 Å². The minimum absolute atomic E-state index is 0.362. The lowest BCUT2D eigenvalue weighted by molar-refractivity contribution is 0.282. The van der Waals surface area contributed by atoms with E-state index >= 15 is 0 Å². The molecule has 0 heterocycles. The highest BCUT2D eigenvalue weighted by molar-refractivity contribution is 4.82. The summed E-state index contributed by atoms with van der Waals surface area (Å²) in [6.45, 7) is 2.66. The first-order valence-corrected chi connectivity index (χ1v) is 17.3. The Bertz CT molecular complexity index is 438. The zero-order valence-corrected chi connectivity index (χ0v) is 25.7. The van der Waals surface area contributed by atoms with E-state index in [1.54, 1.807) is 0 Å². The number of unbranched alkanes of at least 4 members (excludes halogenated alkanes) is 27. The fraction of sp³-hybridized carbons (Fsp3) is 0.889. The van der Waals surface area contributed by atoms with Crippen LogP contribution in [-0.2, 0) is 0 Å². The van der Waals surface area contributed by atoms with Crippen molar-refractivity contribution >= 4 is 0 Å². The molecule has 0 aliphatic rings. The van der Waals surface area contributed by atoms with Crippen LogP contribution in [0, 0.1) is 0 Å². The van der Waals surface area contributed by atoms with Crippen LogP contribution in [0.3, 0.4) is 0 Å². The molecule has 0 amide bonds. The molecular formula is C36H70O. The molecule has 37 heavy (non-hydrogen) atoms. The normalized spacial score (nSPS) is 11.9. The smallest absolute Gasteiger partial charge is 0.0431 e. The summed E-state index contributed by atoms with van der Waals surface area (Å²) in [7, 11) is 0. The Hall–Kier alpha value is -0.560. The maximum absolute atomic E-state index is 8.77. The molecule has 0 atom stereocenters. The molecule has 0 fully saturated rings. The average molecular weight is 519 g/mol. The second kappa shape index (κ2) is 35.4. The Labute approximate surface area is 235 Å². The van der Waals surface area contributed by atoms with Crippen LogP contribution in [0.2, 0.25) is 0 Å². The summed E-state index contributed by atoms with van der Waals surface area (Å²) in [5.41, 5.74) is 0. The number of hydrogen-bond donors (Lipinski definition) is 1. The molecule has 0 aromatic rings. The fourth-order valence-corrected chi connectivity index (χ4v) is 5.24. The Morgan fingerprint density at radius 3 is 0.757 bits per heavy atom. The molecule has 0 aliphatic heterocycles. The number of aliphatic hydroxyl groups excluding tert-OH is 1. The summed E-state index contributed by atoms with van der Waals surface area (Å²) < 4.78 is 0. The lowest BCUT2D eigenvalue weighted by Crippen LogP contribution is -1.84. The lowest BCUT2D eigenvalue weighted by atomic mass is 10.0. The molecule has 0 saturated heterocycles. The van der Waals surface area contributed by atoms with Crippen LogP contribution in [-0.4, -0.2) is 11.7 Å². The first-order chi connectivity index (χ1) is 18.4. The van der Waals surface area contributed by atoms with Gasteiger partial charge in [0.05, 0.1) is 0 Å². The third-order valence-electron chi connectivity index (χ3n) is 7.83. The summed E-state index contributed by atoms with van der Waals surface area (Å²) >= 11 is 0. The van der Waals surface area contributed by atoms with Gasteiger partial charge in [-0.2, -0.15) is 0 Å². The molecule has 220 valence electrons. The van der Waals surface area contributed by atoms with Crippen molar-refractivity contribution in [2.45, 2.75) is 200 Å². The van der Waals surface area contributed by atoms with Gasteiger partial charge >= 0.3 is 0 Å². The van der Waals surface area contributed by atoms with Gasteiger partial charge in [-0.1, -0.05) is 166 Å². The van der Waals surface area contributed by atoms with E-state index in [0.29, 0.717) is 6.61 Å². The highest BCUT2D eigenvalue weighted by Gasteiger charge is 1.95. The molecule has 1 heteroatoms. The molecule has 0 radical (unpaired) electrons. The standard InChI is InChI=1S/C36H70O/c1-2-3-4-5-6-7-8-9-10-11-12-13-14-15-16-17-18-19-20-21-22-23-24-25-26-27-28-29-30-31-32-33-34-35-36-37/h9-10,27-28,37H,2-8,11-26,29-36H2,1H3. The predicted octanol–water partition coefficient (Wildman–Crippen LogP) is 12.8. The summed E-state index contributed by atoms with van der Waals surface area (Å²) in [5, 5.41) is 8.77. The van der Waals surface area contributed by atoms with E-state index in [9.17, 15) is 0 Å². The van der Waals surface area contributed by atoms with Crippen LogP contribution >= 0.6 is 0 Å². The topological polar surface area (TPSA) is 20.2 Å². The van der Waals surface area contributed by atoms with E-state index in [2.05, 4.69) is 31.2 Å². The van der Waals surface area contributed by atoms with Crippen molar-refractivity contribution in [1.82, 2.24) is 0 Å². The fourth-order valence-electron chi connectivity index (χ4n) is 5.24. The molecule has 0 aromatic carbocycles. The summed E-state index contributed by atoms with van der Waals surface area (Å²) in [6.07, 6.45) is 51.1. The minimum atomic E-state index is 0.362. The Morgan fingerprint density at radius 2 is 0.514 bits per heavy atom. The third-order valence-corrected chi connectivity index (χ3v) is 7.83. The van der Waals surface area contributed by atoms with Gasteiger partial charge in [-0.3, -0.25) is 0 Å².